The van der Waals surface area contributed by atoms with Crippen LogP contribution in [0.3, 0.4) is 0 Å². The predicted molar refractivity (Wildman–Crippen MR) is 140 cm³/mol. The minimum Gasteiger partial charge on any atom is -0.362 e. The topological polar surface area (TPSA) is 64.6 Å². The first-order valence-corrected chi connectivity index (χ1v) is 13.2. The smallest absolute Gasteiger partial charge is 0.362 e. The van der Waals surface area contributed by atoms with E-state index in [4.69, 9.17) is 34.8 Å². The van der Waals surface area contributed by atoms with Crippen molar-refractivity contribution >= 4 is 52.5 Å². The van der Waals surface area contributed by atoms with E-state index in [-0.39, 0.29) is 18.5 Å². The van der Waals surface area contributed by atoms with Crippen LogP contribution in [0.4, 0.5) is 24.9 Å². The quantitative estimate of drug-likeness (QED) is 0.456. The molecule has 2 aliphatic heterocycles. The van der Waals surface area contributed by atoms with E-state index < -0.39 is 18.6 Å². The molecule has 0 bridgehead atoms. The van der Waals surface area contributed by atoms with Crippen LogP contribution in [-0.2, 0) is 4.79 Å². The van der Waals surface area contributed by atoms with Crippen LogP contribution in [-0.4, -0.2) is 77.2 Å². The average molecular weight is 580 g/mol. The Morgan fingerprint density at radius 1 is 1.14 bits per heavy atom. The Bertz CT molecular complexity index is 1110. The first-order chi connectivity index (χ1) is 17.5. The molecular weight excluding hydrogens is 552 g/mol. The van der Waals surface area contributed by atoms with Crippen molar-refractivity contribution in [2.45, 2.75) is 44.4 Å². The van der Waals surface area contributed by atoms with Crippen LogP contribution in [0.25, 0.3) is 0 Å². The molecular formula is C24H28Cl3F3N6O. The molecule has 4 rings (SSSR count). The molecule has 7 nitrogen and oxygen atoms in total. The second kappa shape index (κ2) is 11.8. The van der Waals surface area contributed by atoms with E-state index in [0.717, 1.165) is 12.0 Å². The average Bonchev–Trinajstić information content (AvgIpc) is 3.32. The lowest BCUT2D eigenvalue weighted by molar-refractivity contribution is -0.145. The molecule has 1 aromatic heterocycles. The standard InChI is InChI=1S/C24H28Cl3F3N6O/c1-15(17-5-4-16(25)13-18(17)26)32-21-19(27)14-31-23(33-21)36-11-9-35(10-12-36)22(37)20-3-2-7-34(20)8-6-24(28,29)30/h4-5,13-15,20H,2-3,6-12H2,1H3,(H,31,32,33)/t15-,20-/m1/s1. The van der Waals surface area contributed by atoms with Gasteiger partial charge in [0.05, 0.1) is 24.7 Å². The van der Waals surface area contributed by atoms with Crippen LogP contribution in [0.2, 0.25) is 15.1 Å². The van der Waals surface area contributed by atoms with E-state index >= 15 is 0 Å². The molecule has 0 saturated carbocycles. The van der Waals surface area contributed by atoms with Gasteiger partial charge in [-0.1, -0.05) is 40.9 Å². The van der Waals surface area contributed by atoms with Gasteiger partial charge in [0.15, 0.2) is 5.82 Å². The molecule has 2 aromatic rings. The monoisotopic (exact) mass is 578 g/mol. The van der Waals surface area contributed by atoms with Crippen molar-refractivity contribution in [2.75, 3.05) is 49.5 Å². The number of likely N-dealkylation sites (tertiary alicyclic amines) is 1. The van der Waals surface area contributed by atoms with Gasteiger partial charge in [-0.15, -0.1) is 0 Å². The molecule has 202 valence electrons. The Kier molecular flexibility index (Phi) is 8.93. The predicted octanol–water partition coefficient (Wildman–Crippen LogP) is 5.68. The van der Waals surface area contributed by atoms with Crippen molar-refractivity contribution in [3.63, 3.8) is 0 Å². The highest BCUT2D eigenvalue weighted by molar-refractivity contribution is 6.35. The van der Waals surface area contributed by atoms with Crippen molar-refractivity contribution in [2.24, 2.45) is 0 Å². The molecule has 1 amide bonds. The fraction of sp³-hybridized carbons (Fsp3) is 0.542. The zero-order chi connectivity index (χ0) is 26.7. The summed E-state index contributed by atoms with van der Waals surface area (Å²) in [4.78, 5) is 27.4. The Labute approximate surface area is 228 Å². The molecule has 0 radical (unpaired) electrons. The lowest BCUT2D eigenvalue weighted by Gasteiger charge is -2.37. The van der Waals surface area contributed by atoms with Gasteiger partial charge in [0.1, 0.15) is 5.02 Å². The molecule has 2 fully saturated rings. The summed E-state index contributed by atoms with van der Waals surface area (Å²) in [5.41, 5.74) is 0.839. The number of nitrogens with one attached hydrogen (secondary N) is 1. The van der Waals surface area contributed by atoms with Crippen LogP contribution in [0.1, 0.15) is 37.8 Å². The zero-order valence-corrected chi connectivity index (χ0v) is 22.5. The van der Waals surface area contributed by atoms with Crippen LogP contribution in [0.5, 0.6) is 0 Å². The summed E-state index contributed by atoms with van der Waals surface area (Å²) in [6, 6.07) is 4.58. The minimum absolute atomic E-state index is 0.104. The van der Waals surface area contributed by atoms with Crippen LogP contribution >= 0.6 is 34.8 Å². The van der Waals surface area contributed by atoms with Crippen molar-refractivity contribution in [3.8, 4) is 0 Å². The van der Waals surface area contributed by atoms with Gasteiger partial charge in [0, 0.05) is 42.8 Å². The number of nitrogens with zero attached hydrogens (tertiary/aromatic N) is 5. The molecule has 1 N–H and O–H groups in total. The van der Waals surface area contributed by atoms with Crippen LogP contribution < -0.4 is 10.2 Å². The van der Waals surface area contributed by atoms with E-state index in [0.29, 0.717) is 66.0 Å². The van der Waals surface area contributed by atoms with E-state index in [9.17, 15) is 18.0 Å². The van der Waals surface area contributed by atoms with Gasteiger partial charge in [-0.3, -0.25) is 9.69 Å². The third-order valence-corrected chi connectivity index (χ3v) is 7.56. The summed E-state index contributed by atoms with van der Waals surface area (Å²) < 4.78 is 38.0. The van der Waals surface area contributed by atoms with Gasteiger partial charge in [-0.05, 0) is 44.0 Å². The number of aromatic nitrogens is 2. The molecule has 3 heterocycles. The highest BCUT2D eigenvalue weighted by atomic mass is 35.5. The highest BCUT2D eigenvalue weighted by Crippen LogP contribution is 2.31. The maximum absolute atomic E-state index is 13.1. The van der Waals surface area contributed by atoms with Gasteiger partial charge < -0.3 is 15.1 Å². The SMILES string of the molecule is C[C@@H](Nc1nc(N2CCN(C(=O)[C@H]3CCCN3CCC(F)(F)F)CC2)ncc1Cl)c1ccc(Cl)cc1Cl. The fourth-order valence-electron chi connectivity index (χ4n) is 4.73. The van der Waals surface area contributed by atoms with Crippen molar-refractivity contribution in [3.05, 3.63) is 45.0 Å². The van der Waals surface area contributed by atoms with Crippen LogP contribution in [0.15, 0.2) is 24.4 Å². The number of anilines is 2. The third kappa shape index (κ3) is 7.10. The number of rotatable bonds is 7. The maximum atomic E-state index is 13.1. The molecule has 0 spiro atoms. The van der Waals surface area contributed by atoms with Gasteiger partial charge in [0.25, 0.3) is 0 Å². The summed E-state index contributed by atoms with van der Waals surface area (Å²) in [6.07, 6.45) is -2.30. The second-order valence-corrected chi connectivity index (χ2v) is 10.5. The van der Waals surface area contributed by atoms with Gasteiger partial charge in [0.2, 0.25) is 11.9 Å². The minimum atomic E-state index is -4.23. The van der Waals surface area contributed by atoms with E-state index in [1.807, 2.05) is 17.9 Å². The number of hydrogen-bond acceptors (Lipinski definition) is 6. The normalized spacial score (nSPS) is 19.8. The number of piperazine rings is 1. The highest BCUT2D eigenvalue weighted by Gasteiger charge is 2.37. The third-order valence-electron chi connectivity index (χ3n) is 6.72. The summed E-state index contributed by atoms with van der Waals surface area (Å²) in [7, 11) is 0. The van der Waals surface area contributed by atoms with Gasteiger partial charge >= 0.3 is 6.18 Å². The molecule has 13 heteroatoms. The second-order valence-electron chi connectivity index (χ2n) is 9.27. The summed E-state index contributed by atoms with van der Waals surface area (Å²) in [5.74, 6) is 0.823. The Hall–Kier alpha value is -2.01. The van der Waals surface area contributed by atoms with E-state index in [2.05, 4.69) is 15.3 Å². The number of benzene rings is 1. The number of amides is 1. The maximum Gasteiger partial charge on any atom is 0.390 e. The zero-order valence-electron chi connectivity index (χ0n) is 20.2. The molecule has 2 atom stereocenters. The fourth-order valence-corrected chi connectivity index (χ4v) is 5.45. The first-order valence-electron chi connectivity index (χ1n) is 12.1. The number of halogens is 6. The molecule has 2 saturated heterocycles. The summed E-state index contributed by atoms with van der Waals surface area (Å²) in [6.45, 7) is 4.18. The number of hydrogen-bond donors (Lipinski definition) is 1. The van der Waals surface area contributed by atoms with Crippen molar-refractivity contribution < 1.29 is 18.0 Å². The molecule has 37 heavy (non-hydrogen) atoms. The molecule has 1 aromatic carbocycles. The van der Waals surface area contributed by atoms with E-state index in [1.165, 1.54) is 6.20 Å². The summed E-state index contributed by atoms with van der Waals surface area (Å²) >= 11 is 18.7. The Morgan fingerprint density at radius 2 is 1.86 bits per heavy atom. The van der Waals surface area contributed by atoms with E-state index in [1.54, 1.807) is 21.9 Å². The molecule has 2 aliphatic rings. The Morgan fingerprint density at radius 3 is 2.54 bits per heavy atom. The lowest BCUT2D eigenvalue weighted by atomic mass is 10.1. The van der Waals surface area contributed by atoms with Crippen LogP contribution in [0, 0.1) is 0 Å². The summed E-state index contributed by atoms with van der Waals surface area (Å²) in [5, 5.41) is 4.70. The molecule has 0 unspecified atom stereocenters. The molecule has 0 aliphatic carbocycles. The number of carbonyl (C=O) groups excluding carboxylic acids is 1. The Balaban J connectivity index is 1.36. The lowest BCUT2D eigenvalue weighted by Crippen LogP contribution is -2.54. The first kappa shape index (κ1) is 28.0. The van der Waals surface area contributed by atoms with Crippen molar-refractivity contribution in [1.82, 2.24) is 19.8 Å². The van der Waals surface area contributed by atoms with Crippen molar-refractivity contribution in [1.29, 1.82) is 0 Å². The van der Waals surface area contributed by atoms with Gasteiger partial charge in [-0.2, -0.15) is 18.2 Å². The number of carbonyl (C=O) groups is 1. The number of alkyl halides is 3. The largest absolute Gasteiger partial charge is 0.390 e. The van der Waals surface area contributed by atoms with Gasteiger partial charge in [-0.25, -0.2) is 4.98 Å².